The molecule has 0 aliphatic heterocycles. The van der Waals surface area contributed by atoms with E-state index in [0.29, 0.717) is 0 Å². The summed E-state index contributed by atoms with van der Waals surface area (Å²) in [7, 11) is 0. The maximum atomic E-state index is 3.64. The van der Waals surface area contributed by atoms with Gasteiger partial charge in [-0.2, -0.15) is 0 Å². The molecule has 2 heteroatoms. The van der Waals surface area contributed by atoms with Crippen LogP contribution >= 0.6 is 15.9 Å². The summed E-state index contributed by atoms with van der Waals surface area (Å²) < 4.78 is 1.21. The Balaban J connectivity index is 1.86. The first kappa shape index (κ1) is 11.2. The Morgan fingerprint density at radius 1 is 1.33 bits per heavy atom. The van der Waals surface area contributed by atoms with E-state index in [1.165, 1.54) is 29.3 Å². The largest absolute Gasteiger partial charge is 0.310 e. The summed E-state index contributed by atoms with van der Waals surface area (Å²) in [5.41, 5.74) is 1.36. The zero-order chi connectivity index (χ0) is 10.7. The molecule has 15 heavy (non-hydrogen) atoms. The van der Waals surface area contributed by atoms with Crippen molar-refractivity contribution in [2.24, 2.45) is 5.92 Å². The minimum atomic E-state index is 0.729. The quantitative estimate of drug-likeness (QED) is 0.880. The summed E-state index contributed by atoms with van der Waals surface area (Å²) in [5, 5.41) is 3.64. The summed E-state index contributed by atoms with van der Waals surface area (Å²) in [6.45, 7) is 3.33. The van der Waals surface area contributed by atoms with Crippen molar-refractivity contribution in [1.82, 2.24) is 5.32 Å². The van der Waals surface area contributed by atoms with Crippen LogP contribution in [0.3, 0.4) is 0 Å². The molecule has 2 atom stereocenters. The predicted molar refractivity (Wildman–Crippen MR) is 67.8 cm³/mol. The van der Waals surface area contributed by atoms with Crippen LogP contribution in [0.15, 0.2) is 28.7 Å². The topological polar surface area (TPSA) is 12.0 Å². The monoisotopic (exact) mass is 267 g/mol. The van der Waals surface area contributed by atoms with Gasteiger partial charge >= 0.3 is 0 Å². The highest BCUT2D eigenvalue weighted by Crippen LogP contribution is 2.25. The fourth-order valence-electron chi connectivity index (χ4n) is 2.29. The molecule has 2 rings (SSSR count). The van der Waals surface area contributed by atoms with Crippen LogP contribution in [0.1, 0.15) is 31.7 Å². The van der Waals surface area contributed by atoms with Crippen LogP contribution in [0.5, 0.6) is 0 Å². The Hall–Kier alpha value is -0.340. The zero-order valence-corrected chi connectivity index (χ0v) is 10.8. The lowest BCUT2D eigenvalue weighted by atomic mass is 10.1. The third-order valence-electron chi connectivity index (χ3n) is 3.23. The van der Waals surface area contributed by atoms with Crippen LogP contribution in [-0.2, 0) is 6.54 Å². The van der Waals surface area contributed by atoms with Gasteiger partial charge in [0.25, 0.3) is 0 Å². The Bertz CT molecular complexity index is 324. The van der Waals surface area contributed by atoms with Crippen LogP contribution in [0.2, 0.25) is 0 Å². The molecular formula is C13H18BrN. The van der Waals surface area contributed by atoms with Gasteiger partial charge in [-0.05, 0) is 36.8 Å². The minimum Gasteiger partial charge on any atom is -0.310 e. The van der Waals surface area contributed by atoms with Crippen molar-refractivity contribution >= 4 is 15.9 Å². The van der Waals surface area contributed by atoms with Gasteiger partial charge in [0.1, 0.15) is 0 Å². The molecule has 0 heterocycles. The molecule has 0 amide bonds. The maximum Gasteiger partial charge on any atom is 0.0220 e. The smallest absolute Gasteiger partial charge is 0.0220 e. The lowest BCUT2D eigenvalue weighted by Crippen LogP contribution is -2.25. The highest BCUT2D eigenvalue weighted by Gasteiger charge is 2.20. The molecular weight excluding hydrogens is 250 g/mol. The fraction of sp³-hybridized carbons (Fsp3) is 0.538. The van der Waals surface area contributed by atoms with E-state index >= 15 is 0 Å². The number of halogens is 1. The summed E-state index contributed by atoms with van der Waals surface area (Å²) in [6, 6.07) is 9.17. The number of benzene rings is 1. The molecule has 0 radical (unpaired) electrons. The van der Waals surface area contributed by atoms with Crippen LogP contribution < -0.4 is 5.32 Å². The third-order valence-corrected chi connectivity index (χ3v) is 4.01. The van der Waals surface area contributed by atoms with Crippen molar-refractivity contribution in [2.75, 3.05) is 0 Å². The lowest BCUT2D eigenvalue weighted by molar-refractivity contribution is 0.502. The maximum absolute atomic E-state index is 3.64. The van der Waals surface area contributed by atoms with Crippen molar-refractivity contribution in [1.29, 1.82) is 0 Å². The van der Waals surface area contributed by atoms with E-state index in [4.69, 9.17) is 0 Å². The highest BCUT2D eigenvalue weighted by atomic mass is 79.9. The van der Waals surface area contributed by atoms with Crippen molar-refractivity contribution < 1.29 is 0 Å². The van der Waals surface area contributed by atoms with Crippen molar-refractivity contribution in [3.05, 3.63) is 34.3 Å². The first-order valence-electron chi connectivity index (χ1n) is 5.72. The summed E-state index contributed by atoms with van der Waals surface area (Å²) in [6.07, 6.45) is 4.06. The molecule has 1 nitrogen and oxygen atoms in total. The molecule has 0 saturated heterocycles. The summed E-state index contributed by atoms with van der Waals surface area (Å²) >= 11 is 3.58. The molecule has 2 unspecified atom stereocenters. The zero-order valence-electron chi connectivity index (χ0n) is 9.17. The molecule has 1 aliphatic rings. The van der Waals surface area contributed by atoms with Gasteiger partial charge in [-0.1, -0.05) is 41.1 Å². The Morgan fingerprint density at radius 3 is 2.80 bits per heavy atom. The summed E-state index contributed by atoms with van der Waals surface area (Å²) in [4.78, 5) is 0. The van der Waals surface area contributed by atoms with Gasteiger partial charge in [0.05, 0.1) is 0 Å². The normalized spacial score (nSPS) is 25.7. The number of rotatable bonds is 3. The van der Waals surface area contributed by atoms with E-state index in [0.717, 1.165) is 18.5 Å². The summed E-state index contributed by atoms with van der Waals surface area (Å²) in [5.74, 6) is 0.904. The number of hydrogen-bond acceptors (Lipinski definition) is 1. The van der Waals surface area contributed by atoms with E-state index in [2.05, 4.69) is 52.4 Å². The average molecular weight is 268 g/mol. The Morgan fingerprint density at radius 2 is 2.13 bits per heavy atom. The molecule has 0 bridgehead atoms. The van der Waals surface area contributed by atoms with Gasteiger partial charge in [-0.25, -0.2) is 0 Å². The van der Waals surface area contributed by atoms with Gasteiger partial charge in [0.2, 0.25) is 0 Å². The van der Waals surface area contributed by atoms with E-state index in [1.807, 2.05) is 0 Å². The van der Waals surface area contributed by atoms with Crippen LogP contribution in [0.25, 0.3) is 0 Å². The number of hydrogen-bond donors (Lipinski definition) is 1. The Kier molecular flexibility index (Phi) is 3.81. The van der Waals surface area contributed by atoms with Crippen LogP contribution in [0, 0.1) is 5.92 Å². The second kappa shape index (κ2) is 5.13. The molecule has 1 aliphatic carbocycles. The molecule has 1 aromatic rings. The SMILES string of the molecule is CC1CCC(NCc2ccccc2Br)C1. The first-order chi connectivity index (χ1) is 7.25. The van der Waals surface area contributed by atoms with Crippen molar-refractivity contribution in [2.45, 2.75) is 38.8 Å². The van der Waals surface area contributed by atoms with Gasteiger partial charge in [-0.15, -0.1) is 0 Å². The molecule has 1 aromatic carbocycles. The Labute approximate surface area is 100 Å². The average Bonchev–Trinajstić information content (AvgIpc) is 2.63. The second-order valence-corrected chi connectivity index (χ2v) is 5.44. The molecule has 1 fully saturated rings. The molecule has 1 N–H and O–H groups in total. The molecule has 0 spiro atoms. The molecule has 82 valence electrons. The fourth-order valence-corrected chi connectivity index (χ4v) is 2.71. The van der Waals surface area contributed by atoms with Gasteiger partial charge in [0, 0.05) is 17.1 Å². The lowest BCUT2D eigenvalue weighted by Gasteiger charge is -2.13. The standard InChI is InChI=1S/C13H18BrN/c1-10-6-7-12(8-10)15-9-11-4-2-3-5-13(11)14/h2-5,10,12,15H,6-9H2,1H3. The third kappa shape index (κ3) is 3.05. The van der Waals surface area contributed by atoms with Crippen molar-refractivity contribution in [3.63, 3.8) is 0 Å². The molecule has 1 saturated carbocycles. The van der Waals surface area contributed by atoms with Crippen LogP contribution in [-0.4, -0.2) is 6.04 Å². The van der Waals surface area contributed by atoms with E-state index < -0.39 is 0 Å². The first-order valence-corrected chi connectivity index (χ1v) is 6.52. The molecule has 0 aromatic heterocycles. The van der Waals surface area contributed by atoms with Gasteiger partial charge in [-0.3, -0.25) is 0 Å². The van der Waals surface area contributed by atoms with Crippen LogP contribution in [0.4, 0.5) is 0 Å². The van der Waals surface area contributed by atoms with E-state index in [-0.39, 0.29) is 0 Å². The van der Waals surface area contributed by atoms with Crippen molar-refractivity contribution in [3.8, 4) is 0 Å². The minimum absolute atomic E-state index is 0.729. The predicted octanol–water partition coefficient (Wildman–Crippen LogP) is 3.73. The van der Waals surface area contributed by atoms with Gasteiger partial charge in [0.15, 0.2) is 0 Å². The van der Waals surface area contributed by atoms with Gasteiger partial charge < -0.3 is 5.32 Å². The number of nitrogens with one attached hydrogen (secondary N) is 1. The highest BCUT2D eigenvalue weighted by molar-refractivity contribution is 9.10. The second-order valence-electron chi connectivity index (χ2n) is 4.59. The van der Waals surface area contributed by atoms with E-state index in [9.17, 15) is 0 Å². The van der Waals surface area contributed by atoms with E-state index in [1.54, 1.807) is 0 Å².